The van der Waals surface area contributed by atoms with E-state index in [2.05, 4.69) is 10.3 Å². The minimum Gasteiger partial charge on any atom is -0.447 e. The molecular formula is C11H19N3O2. The predicted molar refractivity (Wildman–Crippen MR) is 60.7 cm³/mol. The van der Waals surface area contributed by atoms with E-state index >= 15 is 0 Å². The van der Waals surface area contributed by atoms with Gasteiger partial charge in [0.05, 0.1) is 18.8 Å². The van der Waals surface area contributed by atoms with Crippen molar-refractivity contribution in [2.45, 2.75) is 33.4 Å². The molecule has 1 atom stereocenters. The molecule has 0 aromatic carbocycles. The van der Waals surface area contributed by atoms with Crippen molar-refractivity contribution in [1.82, 2.24) is 15.2 Å². The average Bonchev–Trinajstić information content (AvgIpc) is 2.80. The highest BCUT2D eigenvalue weighted by Crippen LogP contribution is 1.99. The fraction of sp³-hybridized carbons (Fsp3) is 0.636. The van der Waals surface area contributed by atoms with Crippen molar-refractivity contribution in [3.8, 4) is 0 Å². The number of likely N-dealkylation sites (N-methyl/N-ethyl adjacent to an activating group) is 1. The number of rotatable bonds is 6. The van der Waals surface area contributed by atoms with Crippen LogP contribution in [-0.4, -0.2) is 34.9 Å². The molecule has 1 heterocycles. The monoisotopic (exact) mass is 225 g/mol. The zero-order chi connectivity index (χ0) is 12.0. The summed E-state index contributed by atoms with van der Waals surface area (Å²) in [6.45, 7) is 7.81. The number of nitrogens with one attached hydrogen (secondary N) is 1. The molecule has 0 fully saturated rings. The molecule has 5 heteroatoms. The Labute approximate surface area is 95.8 Å². The minimum absolute atomic E-state index is 0.115. The van der Waals surface area contributed by atoms with E-state index in [4.69, 9.17) is 4.42 Å². The molecule has 16 heavy (non-hydrogen) atoms. The Morgan fingerprint density at radius 2 is 2.25 bits per heavy atom. The second-order valence-electron chi connectivity index (χ2n) is 3.58. The lowest BCUT2D eigenvalue weighted by atomic mass is 10.2. The van der Waals surface area contributed by atoms with Crippen molar-refractivity contribution in [3.63, 3.8) is 0 Å². The van der Waals surface area contributed by atoms with Gasteiger partial charge in [-0.1, -0.05) is 0 Å². The lowest BCUT2D eigenvalue weighted by Crippen LogP contribution is -2.44. The first-order chi connectivity index (χ1) is 7.69. The molecule has 1 aromatic heterocycles. The SMILES string of the molecule is CCN(CC)C(=O)C(C)NCc1cnco1. The van der Waals surface area contributed by atoms with Crippen LogP contribution in [-0.2, 0) is 11.3 Å². The van der Waals surface area contributed by atoms with E-state index in [1.807, 2.05) is 20.8 Å². The third-order valence-corrected chi connectivity index (χ3v) is 2.51. The van der Waals surface area contributed by atoms with Crippen LogP contribution >= 0.6 is 0 Å². The molecule has 0 saturated carbocycles. The molecular weight excluding hydrogens is 206 g/mol. The first kappa shape index (κ1) is 12.7. The largest absolute Gasteiger partial charge is 0.447 e. The molecule has 0 bridgehead atoms. The molecule has 0 aliphatic carbocycles. The standard InChI is InChI=1S/C11H19N3O2/c1-4-14(5-2)11(15)9(3)13-7-10-6-12-8-16-10/h6,8-9,13H,4-5,7H2,1-3H3. The maximum absolute atomic E-state index is 11.9. The summed E-state index contributed by atoms with van der Waals surface area (Å²) in [5, 5.41) is 3.11. The summed E-state index contributed by atoms with van der Waals surface area (Å²) in [7, 11) is 0. The van der Waals surface area contributed by atoms with Gasteiger partial charge >= 0.3 is 0 Å². The minimum atomic E-state index is -0.204. The van der Waals surface area contributed by atoms with Gasteiger partial charge in [0.2, 0.25) is 5.91 Å². The highest BCUT2D eigenvalue weighted by molar-refractivity contribution is 5.81. The van der Waals surface area contributed by atoms with Gasteiger partial charge < -0.3 is 9.32 Å². The van der Waals surface area contributed by atoms with Crippen molar-refractivity contribution in [2.24, 2.45) is 0 Å². The highest BCUT2D eigenvalue weighted by Gasteiger charge is 2.17. The lowest BCUT2D eigenvalue weighted by Gasteiger charge is -2.23. The normalized spacial score (nSPS) is 12.4. The summed E-state index contributed by atoms with van der Waals surface area (Å²) >= 11 is 0. The number of aromatic nitrogens is 1. The van der Waals surface area contributed by atoms with Gasteiger partial charge in [-0.05, 0) is 20.8 Å². The molecule has 1 amide bonds. The molecule has 1 unspecified atom stereocenters. The quantitative estimate of drug-likeness (QED) is 0.785. The number of oxazole rings is 1. The van der Waals surface area contributed by atoms with E-state index in [0.717, 1.165) is 18.8 Å². The van der Waals surface area contributed by atoms with Gasteiger partial charge in [-0.3, -0.25) is 10.1 Å². The van der Waals surface area contributed by atoms with Crippen LogP contribution < -0.4 is 5.32 Å². The number of amides is 1. The average molecular weight is 225 g/mol. The highest BCUT2D eigenvalue weighted by atomic mass is 16.3. The zero-order valence-corrected chi connectivity index (χ0v) is 10.1. The van der Waals surface area contributed by atoms with Crippen molar-refractivity contribution < 1.29 is 9.21 Å². The van der Waals surface area contributed by atoms with E-state index in [0.29, 0.717) is 6.54 Å². The second kappa shape index (κ2) is 6.27. The smallest absolute Gasteiger partial charge is 0.239 e. The second-order valence-corrected chi connectivity index (χ2v) is 3.58. The van der Waals surface area contributed by atoms with E-state index in [1.165, 1.54) is 6.39 Å². The molecule has 90 valence electrons. The van der Waals surface area contributed by atoms with E-state index < -0.39 is 0 Å². The molecule has 0 spiro atoms. The van der Waals surface area contributed by atoms with Gasteiger partial charge in [0, 0.05) is 13.1 Å². The predicted octanol–water partition coefficient (Wildman–Crippen LogP) is 1.02. The fourth-order valence-corrected chi connectivity index (χ4v) is 1.48. The fourth-order valence-electron chi connectivity index (χ4n) is 1.48. The molecule has 0 aliphatic heterocycles. The number of carbonyl (C=O) groups is 1. The molecule has 1 aromatic rings. The number of carbonyl (C=O) groups excluding carboxylic acids is 1. The van der Waals surface area contributed by atoms with Crippen molar-refractivity contribution >= 4 is 5.91 Å². The molecule has 1 N–H and O–H groups in total. The summed E-state index contributed by atoms with van der Waals surface area (Å²) in [4.78, 5) is 17.5. The third-order valence-electron chi connectivity index (χ3n) is 2.51. The van der Waals surface area contributed by atoms with Crippen LogP contribution in [0.3, 0.4) is 0 Å². The van der Waals surface area contributed by atoms with Crippen LogP contribution in [0.4, 0.5) is 0 Å². The van der Waals surface area contributed by atoms with Gasteiger partial charge in [0.1, 0.15) is 5.76 Å². The molecule has 0 saturated heterocycles. The summed E-state index contributed by atoms with van der Waals surface area (Å²) in [6.07, 6.45) is 3.02. The van der Waals surface area contributed by atoms with Crippen LogP contribution in [0.15, 0.2) is 17.0 Å². The summed E-state index contributed by atoms with van der Waals surface area (Å²) in [6, 6.07) is -0.204. The molecule has 5 nitrogen and oxygen atoms in total. The van der Waals surface area contributed by atoms with Crippen molar-refractivity contribution in [1.29, 1.82) is 0 Å². The Kier molecular flexibility index (Phi) is 4.98. The van der Waals surface area contributed by atoms with Crippen LogP contribution in [0.1, 0.15) is 26.5 Å². The molecule has 1 rings (SSSR count). The first-order valence-corrected chi connectivity index (χ1v) is 5.58. The Hall–Kier alpha value is -1.36. The van der Waals surface area contributed by atoms with Crippen LogP contribution in [0, 0.1) is 0 Å². The van der Waals surface area contributed by atoms with Crippen LogP contribution in [0.2, 0.25) is 0 Å². The topological polar surface area (TPSA) is 58.4 Å². The number of hydrogen-bond donors (Lipinski definition) is 1. The van der Waals surface area contributed by atoms with Gasteiger partial charge in [-0.15, -0.1) is 0 Å². The number of hydrogen-bond acceptors (Lipinski definition) is 4. The van der Waals surface area contributed by atoms with Crippen LogP contribution in [0.5, 0.6) is 0 Å². The van der Waals surface area contributed by atoms with Gasteiger partial charge in [-0.25, -0.2) is 4.98 Å². The Bertz CT molecular complexity index is 307. The van der Waals surface area contributed by atoms with E-state index in [9.17, 15) is 4.79 Å². The van der Waals surface area contributed by atoms with Crippen molar-refractivity contribution in [3.05, 3.63) is 18.4 Å². The Balaban J connectivity index is 2.39. The van der Waals surface area contributed by atoms with E-state index in [1.54, 1.807) is 11.1 Å². The van der Waals surface area contributed by atoms with Gasteiger partial charge in [-0.2, -0.15) is 0 Å². The van der Waals surface area contributed by atoms with Crippen molar-refractivity contribution in [2.75, 3.05) is 13.1 Å². The maximum Gasteiger partial charge on any atom is 0.239 e. The maximum atomic E-state index is 11.9. The number of nitrogens with zero attached hydrogens (tertiary/aromatic N) is 2. The molecule has 0 radical (unpaired) electrons. The first-order valence-electron chi connectivity index (χ1n) is 5.58. The summed E-state index contributed by atoms with van der Waals surface area (Å²) in [5.41, 5.74) is 0. The van der Waals surface area contributed by atoms with E-state index in [-0.39, 0.29) is 11.9 Å². The van der Waals surface area contributed by atoms with Gasteiger partial charge in [0.25, 0.3) is 0 Å². The van der Waals surface area contributed by atoms with Crippen LogP contribution in [0.25, 0.3) is 0 Å². The Morgan fingerprint density at radius 3 is 2.75 bits per heavy atom. The third kappa shape index (κ3) is 3.34. The van der Waals surface area contributed by atoms with Gasteiger partial charge in [0.15, 0.2) is 6.39 Å². The summed E-state index contributed by atoms with van der Waals surface area (Å²) in [5.74, 6) is 0.851. The Morgan fingerprint density at radius 1 is 1.56 bits per heavy atom. The summed E-state index contributed by atoms with van der Waals surface area (Å²) < 4.78 is 5.08. The lowest BCUT2D eigenvalue weighted by molar-refractivity contribution is -0.132. The zero-order valence-electron chi connectivity index (χ0n) is 10.1. The molecule has 0 aliphatic rings.